The smallest absolute Gasteiger partial charge is 0.212 e. The number of hydrogen-bond donors (Lipinski definition) is 2. The number of ether oxygens (including phenoxy) is 2. The molecule has 1 unspecified atom stereocenters. The van der Waals surface area contributed by atoms with Gasteiger partial charge in [-0.3, -0.25) is 9.88 Å². The second-order valence-electron chi connectivity index (χ2n) is 7.98. The van der Waals surface area contributed by atoms with Gasteiger partial charge in [0.2, 0.25) is 5.95 Å². The number of benzene rings is 1. The number of imidazole rings is 1. The zero-order valence-electron chi connectivity index (χ0n) is 16.0. The van der Waals surface area contributed by atoms with E-state index in [-0.39, 0.29) is 11.6 Å². The topological polar surface area (TPSA) is 99.6 Å². The highest BCUT2D eigenvalue weighted by Gasteiger charge is 2.29. The molecule has 0 aliphatic carbocycles. The predicted molar refractivity (Wildman–Crippen MR) is 110 cm³/mol. The Morgan fingerprint density at radius 1 is 1.18 bits per heavy atom. The maximum absolute atomic E-state index is 6.05. The molecule has 0 spiro atoms. The minimum absolute atomic E-state index is 0.0204. The fourth-order valence-electron chi connectivity index (χ4n) is 3.37. The lowest BCUT2D eigenvalue weighted by Gasteiger charge is -2.22. The van der Waals surface area contributed by atoms with Gasteiger partial charge in [0.25, 0.3) is 0 Å². The number of aromatic nitrogens is 3. The van der Waals surface area contributed by atoms with Crippen molar-refractivity contribution in [2.75, 3.05) is 18.5 Å². The van der Waals surface area contributed by atoms with Gasteiger partial charge >= 0.3 is 0 Å². The van der Waals surface area contributed by atoms with E-state index in [1.54, 1.807) is 11.3 Å². The van der Waals surface area contributed by atoms with E-state index in [0.717, 1.165) is 39.7 Å². The summed E-state index contributed by atoms with van der Waals surface area (Å²) in [4.78, 5) is 14.2. The SMILES string of the molecule is CC(C)(C)c1nc(C2N=C(N)Nc3nc4cc5c(cc4n32)OCCCO5)cs1. The number of rotatable bonds is 1. The number of nitrogens with zero attached hydrogens (tertiary/aromatic N) is 4. The normalized spacial score (nSPS) is 19.0. The van der Waals surface area contributed by atoms with Crippen LogP contribution in [0, 0.1) is 0 Å². The molecule has 1 atom stereocenters. The van der Waals surface area contributed by atoms with Crippen LogP contribution >= 0.6 is 11.3 Å². The lowest BCUT2D eigenvalue weighted by molar-refractivity contribution is 0.297. The van der Waals surface area contributed by atoms with Crippen molar-refractivity contribution < 1.29 is 9.47 Å². The van der Waals surface area contributed by atoms with Crippen molar-refractivity contribution >= 4 is 34.3 Å². The maximum atomic E-state index is 6.05. The Labute approximate surface area is 166 Å². The molecule has 28 heavy (non-hydrogen) atoms. The van der Waals surface area contributed by atoms with Gasteiger partial charge in [-0.25, -0.2) is 15.0 Å². The molecule has 2 aliphatic rings. The second kappa shape index (κ2) is 6.10. The molecule has 5 rings (SSSR count). The number of aliphatic imine (C=N–C) groups is 1. The van der Waals surface area contributed by atoms with Gasteiger partial charge in [-0.2, -0.15) is 0 Å². The van der Waals surface area contributed by atoms with Gasteiger partial charge in [0.1, 0.15) is 0 Å². The Hall–Kier alpha value is -2.81. The highest BCUT2D eigenvalue weighted by atomic mass is 32.1. The summed E-state index contributed by atoms with van der Waals surface area (Å²) < 4.78 is 13.7. The monoisotopic (exact) mass is 398 g/mol. The summed E-state index contributed by atoms with van der Waals surface area (Å²) in [5, 5.41) is 6.17. The first kappa shape index (κ1) is 17.3. The molecule has 2 aromatic heterocycles. The van der Waals surface area contributed by atoms with Crippen molar-refractivity contribution in [2.45, 2.75) is 38.8 Å². The van der Waals surface area contributed by atoms with Gasteiger partial charge in [0.15, 0.2) is 23.6 Å². The van der Waals surface area contributed by atoms with Gasteiger partial charge < -0.3 is 15.2 Å². The average molecular weight is 398 g/mol. The van der Waals surface area contributed by atoms with E-state index < -0.39 is 0 Å². The first-order valence-electron chi connectivity index (χ1n) is 9.28. The molecule has 0 amide bonds. The van der Waals surface area contributed by atoms with Crippen molar-refractivity contribution in [3.63, 3.8) is 0 Å². The van der Waals surface area contributed by atoms with Gasteiger partial charge in [-0.05, 0) is 0 Å². The predicted octanol–water partition coefficient (Wildman–Crippen LogP) is 3.24. The second-order valence-corrected chi connectivity index (χ2v) is 8.84. The van der Waals surface area contributed by atoms with Crippen molar-refractivity contribution in [3.05, 3.63) is 28.2 Å². The van der Waals surface area contributed by atoms with Crippen LogP contribution in [-0.2, 0) is 5.41 Å². The molecule has 4 heterocycles. The average Bonchev–Trinajstić information content (AvgIpc) is 3.18. The molecule has 3 aromatic rings. The summed E-state index contributed by atoms with van der Waals surface area (Å²) in [6, 6.07) is 3.88. The Kier molecular flexibility index (Phi) is 3.77. The Morgan fingerprint density at radius 3 is 2.64 bits per heavy atom. The van der Waals surface area contributed by atoms with Crippen LogP contribution in [0.25, 0.3) is 11.0 Å². The fourth-order valence-corrected chi connectivity index (χ4v) is 4.29. The summed E-state index contributed by atoms with van der Waals surface area (Å²) in [5.74, 6) is 2.40. The molecule has 0 saturated heterocycles. The minimum Gasteiger partial charge on any atom is -0.489 e. The van der Waals surface area contributed by atoms with Crippen LogP contribution in [0.2, 0.25) is 0 Å². The van der Waals surface area contributed by atoms with Crippen LogP contribution in [0.5, 0.6) is 11.5 Å². The number of thiazole rings is 1. The Balaban J connectivity index is 1.66. The quantitative estimate of drug-likeness (QED) is 0.653. The third kappa shape index (κ3) is 2.77. The highest BCUT2D eigenvalue weighted by molar-refractivity contribution is 7.09. The largest absolute Gasteiger partial charge is 0.489 e. The van der Waals surface area contributed by atoms with Crippen molar-refractivity contribution in [1.29, 1.82) is 0 Å². The first-order valence-corrected chi connectivity index (χ1v) is 10.2. The number of fused-ring (bicyclic) bond motifs is 4. The van der Waals surface area contributed by atoms with Crippen LogP contribution in [0.3, 0.4) is 0 Å². The van der Waals surface area contributed by atoms with Crippen LogP contribution in [0.1, 0.15) is 44.1 Å². The van der Waals surface area contributed by atoms with Crippen molar-refractivity contribution in [1.82, 2.24) is 14.5 Å². The Morgan fingerprint density at radius 2 is 1.93 bits per heavy atom. The van der Waals surface area contributed by atoms with E-state index in [9.17, 15) is 0 Å². The van der Waals surface area contributed by atoms with E-state index in [0.29, 0.717) is 25.1 Å². The number of hydrogen-bond acceptors (Lipinski definition) is 8. The Bertz CT molecular complexity index is 1090. The van der Waals surface area contributed by atoms with E-state index in [1.165, 1.54) is 0 Å². The summed E-state index contributed by atoms with van der Waals surface area (Å²) in [7, 11) is 0. The molecule has 3 N–H and O–H groups in total. The summed E-state index contributed by atoms with van der Waals surface area (Å²) in [5.41, 5.74) is 8.58. The number of nitrogens with one attached hydrogen (secondary N) is 1. The lowest BCUT2D eigenvalue weighted by Crippen LogP contribution is -2.31. The van der Waals surface area contributed by atoms with Crippen LogP contribution in [0.15, 0.2) is 22.5 Å². The van der Waals surface area contributed by atoms with Crippen LogP contribution in [0.4, 0.5) is 5.95 Å². The molecule has 0 bridgehead atoms. The molecule has 8 nitrogen and oxygen atoms in total. The zero-order valence-corrected chi connectivity index (χ0v) is 16.8. The highest BCUT2D eigenvalue weighted by Crippen LogP contribution is 2.39. The molecule has 146 valence electrons. The number of nitrogens with two attached hydrogens (primary N) is 1. The zero-order chi connectivity index (χ0) is 19.5. The molecular weight excluding hydrogens is 376 g/mol. The minimum atomic E-state index is -0.377. The van der Waals surface area contributed by atoms with Gasteiger partial charge in [-0.15, -0.1) is 11.3 Å². The van der Waals surface area contributed by atoms with Crippen LogP contribution in [-0.4, -0.2) is 33.7 Å². The molecular formula is C19H22N6O2S. The lowest BCUT2D eigenvalue weighted by atomic mass is 9.98. The summed E-state index contributed by atoms with van der Waals surface area (Å²) in [6.45, 7) is 7.73. The first-order chi connectivity index (χ1) is 13.4. The van der Waals surface area contributed by atoms with E-state index in [1.807, 2.05) is 22.1 Å². The molecule has 2 aliphatic heterocycles. The van der Waals surface area contributed by atoms with E-state index in [2.05, 4.69) is 31.1 Å². The number of guanidine groups is 1. The van der Waals surface area contributed by atoms with Gasteiger partial charge in [0.05, 0.1) is 34.9 Å². The molecule has 0 saturated carbocycles. The third-order valence-electron chi connectivity index (χ3n) is 4.73. The third-order valence-corrected chi connectivity index (χ3v) is 6.02. The summed E-state index contributed by atoms with van der Waals surface area (Å²) in [6.07, 6.45) is 0.482. The fraction of sp³-hybridized carbons (Fsp3) is 0.421. The van der Waals surface area contributed by atoms with Gasteiger partial charge in [0, 0.05) is 29.3 Å². The maximum Gasteiger partial charge on any atom is 0.212 e. The molecule has 1 aromatic carbocycles. The molecule has 0 radical (unpaired) electrons. The van der Waals surface area contributed by atoms with E-state index >= 15 is 0 Å². The van der Waals surface area contributed by atoms with Crippen molar-refractivity contribution in [3.8, 4) is 11.5 Å². The molecule has 0 fully saturated rings. The van der Waals surface area contributed by atoms with Gasteiger partial charge in [-0.1, -0.05) is 20.8 Å². The summed E-state index contributed by atoms with van der Waals surface area (Å²) >= 11 is 1.64. The van der Waals surface area contributed by atoms with Crippen LogP contribution < -0.4 is 20.5 Å². The standard InChI is InChI=1S/C19H22N6O2S/c1-19(2,3)16-21-11(9-28-16)15-23-17(20)24-18-22-10-7-13-14(8-12(10)25(15)18)27-6-4-5-26-13/h7-9,15H,4-6H2,1-3H3,(H3,20,22,23,24). The number of anilines is 1. The van der Waals surface area contributed by atoms with E-state index in [4.69, 9.17) is 25.2 Å². The molecule has 9 heteroatoms. The van der Waals surface area contributed by atoms with Crippen molar-refractivity contribution in [2.24, 2.45) is 10.7 Å².